The maximum absolute atomic E-state index is 10.4. The molecule has 0 aromatic rings. The van der Waals surface area contributed by atoms with Crippen LogP contribution < -0.4 is 0 Å². The standard InChI is InChI=1S/C5H6O3.Na/c6-3-4-1-2-8-5(4)7;/h3-4H,1-2H2;. The van der Waals surface area contributed by atoms with E-state index >= 15 is 0 Å². The third kappa shape index (κ3) is 2.08. The van der Waals surface area contributed by atoms with E-state index in [1.807, 2.05) is 0 Å². The van der Waals surface area contributed by atoms with Crippen LogP contribution in [0.15, 0.2) is 0 Å². The van der Waals surface area contributed by atoms with Gasteiger partial charge in [0.05, 0.1) is 6.61 Å². The Balaban J connectivity index is 0.000000640. The molecule has 0 bridgehead atoms. The second-order valence-electron chi connectivity index (χ2n) is 1.70. The molecule has 1 unspecified atom stereocenters. The number of carbonyl (C=O) groups excluding carboxylic acids is 2. The van der Waals surface area contributed by atoms with Crippen molar-refractivity contribution in [3.63, 3.8) is 0 Å². The van der Waals surface area contributed by atoms with Crippen molar-refractivity contribution >= 4 is 41.8 Å². The molecule has 1 fully saturated rings. The van der Waals surface area contributed by atoms with Crippen LogP contribution in [0.4, 0.5) is 0 Å². The molecule has 0 N–H and O–H groups in total. The first-order valence-electron chi connectivity index (χ1n) is 2.46. The van der Waals surface area contributed by atoms with Crippen molar-refractivity contribution < 1.29 is 14.3 Å². The van der Waals surface area contributed by atoms with Crippen LogP contribution in [-0.4, -0.2) is 48.4 Å². The van der Waals surface area contributed by atoms with E-state index in [0.717, 1.165) is 0 Å². The summed E-state index contributed by atoms with van der Waals surface area (Å²) in [6.45, 7) is 0.405. The molecule has 1 radical (unpaired) electrons. The Bertz CT molecular complexity index is 123. The molecule has 0 saturated carbocycles. The van der Waals surface area contributed by atoms with Crippen LogP contribution in [0.1, 0.15) is 6.42 Å². The Morgan fingerprint density at radius 1 is 1.67 bits per heavy atom. The van der Waals surface area contributed by atoms with Gasteiger partial charge >= 0.3 is 5.97 Å². The molecular formula is C5H6NaO3. The molecule has 3 nitrogen and oxygen atoms in total. The van der Waals surface area contributed by atoms with Crippen molar-refractivity contribution in [2.24, 2.45) is 5.92 Å². The molecule has 45 valence electrons. The zero-order valence-corrected chi connectivity index (χ0v) is 7.29. The third-order valence-electron chi connectivity index (χ3n) is 1.14. The fourth-order valence-corrected chi connectivity index (χ4v) is 0.635. The zero-order chi connectivity index (χ0) is 5.98. The van der Waals surface area contributed by atoms with Crippen LogP contribution in [0.5, 0.6) is 0 Å². The van der Waals surface area contributed by atoms with E-state index in [0.29, 0.717) is 19.3 Å². The molecule has 1 rings (SSSR count). The van der Waals surface area contributed by atoms with Gasteiger partial charge in [0.25, 0.3) is 0 Å². The molecule has 1 aliphatic rings. The summed E-state index contributed by atoms with van der Waals surface area (Å²) in [6.07, 6.45) is 1.19. The molecule has 0 aromatic heterocycles. The van der Waals surface area contributed by atoms with E-state index in [9.17, 15) is 9.59 Å². The fourth-order valence-electron chi connectivity index (χ4n) is 0.635. The van der Waals surface area contributed by atoms with Crippen molar-refractivity contribution in [2.75, 3.05) is 6.61 Å². The summed E-state index contributed by atoms with van der Waals surface area (Å²) in [5.41, 5.74) is 0. The average molecular weight is 137 g/mol. The molecule has 0 amide bonds. The Morgan fingerprint density at radius 2 is 2.33 bits per heavy atom. The smallest absolute Gasteiger partial charge is 0.316 e. The summed E-state index contributed by atoms with van der Waals surface area (Å²) < 4.78 is 4.49. The van der Waals surface area contributed by atoms with E-state index in [1.54, 1.807) is 0 Å². The van der Waals surface area contributed by atoms with Gasteiger partial charge in [-0.2, -0.15) is 0 Å². The van der Waals surface area contributed by atoms with Crippen LogP contribution in [0.3, 0.4) is 0 Å². The van der Waals surface area contributed by atoms with Crippen molar-refractivity contribution in [1.82, 2.24) is 0 Å². The van der Waals surface area contributed by atoms with Gasteiger partial charge in [-0.05, 0) is 0 Å². The molecule has 0 spiro atoms. The van der Waals surface area contributed by atoms with Crippen LogP contribution in [-0.2, 0) is 14.3 Å². The molecule has 1 saturated heterocycles. The van der Waals surface area contributed by atoms with Crippen LogP contribution in [0.25, 0.3) is 0 Å². The van der Waals surface area contributed by atoms with Gasteiger partial charge in [0.1, 0.15) is 12.2 Å². The minimum Gasteiger partial charge on any atom is -0.465 e. The van der Waals surface area contributed by atoms with E-state index < -0.39 is 5.92 Å². The Morgan fingerprint density at radius 3 is 2.56 bits per heavy atom. The molecule has 0 aromatic carbocycles. The predicted molar refractivity (Wildman–Crippen MR) is 30.9 cm³/mol. The Kier molecular flexibility index (Phi) is 4.10. The molecule has 1 aliphatic heterocycles. The largest absolute Gasteiger partial charge is 0.465 e. The summed E-state index contributed by atoms with van der Waals surface area (Å²) in [6, 6.07) is 0. The first kappa shape index (κ1) is 9.14. The van der Waals surface area contributed by atoms with Crippen LogP contribution in [0.2, 0.25) is 0 Å². The normalized spacial score (nSPS) is 24.4. The monoisotopic (exact) mass is 137 g/mol. The number of hydrogen-bond acceptors (Lipinski definition) is 3. The minimum absolute atomic E-state index is 0. The number of rotatable bonds is 1. The number of ether oxygens (including phenoxy) is 1. The maximum atomic E-state index is 10.4. The molecule has 1 heterocycles. The number of hydrogen-bond donors (Lipinski definition) is 0. The van der Waals surface area contributed by atoms with Gasteiger partial charge in [0.2, 0.25) is 0 Å². The van der Waals surface area contributed by atoms with Gasteiger partial charge < -0.3 is 9.53 Å². The second kappa shape index (κ2) is 4.04. The number of carbonyl (C=O) groups is 2. The summed E-state index contributed by atoms with van der Waals surface area (Å²) >= 11 is 0. The molecular weight excluding hydrogens is 131 g/mol. The second-order valence-corrected chi connectivity index (χ2v) is 1.70. The maximum Gasteiger partial charge on any atom is 0.316 e. The van der Waals surface area contributed by atoms with Gasteiger partial charge in [-0.1, -0.05) is 0 Å². The molecule has 9 heavy (non-hydrogen) atoms. The summed E-state index contributed by atoms with van der Waals surface area (Å²) in [5, 5.41) is 0. The van der Waals surface area contributed by atoms with Crippen molar-refractivity contribution in [1.29, 1.82) is 0 Å². The summed E-state index contributed by atoms with van der Waals surface area (Å²) in [4.78, 5) is 20.3. The number of aldehydes is 1. The number of cyclic esters (lactones) is 1. The zero-order valence-electron chi connectivity index (χ0n) is 5.29. The molecule has 0 aliphatic carbocycles. The SMILES string of the molecule is O=CC1CCOC1=O.[Na]. The molecule has 1 atom stereocenters. The van der Waals surface area contributed by atoms with Gasteiger partial charge in [0.15, 0.2) is 0 Å². The van der Waals surface area contributed by atoms with Crippen LogP contribution >= 0.6 is 0 Å². The van der Waals surface area contributed by atoms with Crippen molar-refractivity contribution in [3.8, 4) is 0 Å². The van der Waals surface area contributed by atoms with Crippen LogP contribution in [0, 0.1) is 5.92 Å². The van der Waals surface area contributed by atoms with E-state index in [-0.39, 0.29) is 35.5 Å². The first-order valence-corrected chi connectivity index (χ1v) is 2.46. The number of esters is 1. The van der Waals surface area contributed by atoms with E-state index in [4.69, 9.17) is 0 Å². The van der Waals surface area contributed by atoms with E-state index in [1.165, 1.54) is 0 Å². The van der Waals surface area contributed by atoms with E-state index in [2.05, 4.69) is 4.74 Å². The van der Waals surface area contributed by atoms with Gasteiger partial charge in [0, 0.05) is 36.0 Å². The van der Waals surface area contributed by atoms with Crippen molar-refractivity contribution in [3.05, 3.63) is 0 Å². The Hall–Kier alpha value is 0.140. The molecule has 4 heteroatoms. The topological polar surface area (TPSA) is 43.4 Å². The summed E-state index contributed by atoms with van der Waals surface area (Å²) in [7, 11) is 0. The quantitative estimate of drug-likeness (QED) is 0.209. The average Bonchev–Trinajstić information content (AvgIpc) is 2.14. The summed E-state index contributed by atoms with van der Waals surface area (Å²) in [5.74, 6) is -0.852. The van der Waals surface area contributed by atoms with Gasteiger partial charge in [-0.3, -0.25) is 4.79 Å². The minimum atomic E-state index is -0.477. The van der Waals surface area contributed by atoms with Crippen molar-refractivity contribution in [2.45, 2.75) is 6.42 Å². The fraction of sp³-hybridized carbons (Fsp3) is 0.600. The van der Waals surface area contributed by atoms with Gasteiger partial charge in [-0.15, -0.1) is 0 Å². The first-order chi connectivity index (χ1) is 3.84. The third-order valence-corrected chi connectivity index (χ3v) is 1.14. The predicted octanol–water partition coefficient (Wildman–Crippen LogP) is -0.632. The van der Waals surface area contributed by atoms with Gasteiger partial charge in [-0.25, -0.2) is 0 Å². The Labute approximate surface area is 75.0 Å².